The van der Waals surface area contributed by atoms with Crippen molar-refractivity contribution in [1.29, 1.82) is 0 Å². The number of benzene rings is 2. The molecule has 0 fully saturated rings. The topological polar surface area (TPSA) is 119 Å². The van der Waals surface area contributed by atoms with Crippen molar-refractivity contribution in [2.45, 2.75) is 5.16 Å². The highest BCUT2D eigenvalue weighted by atomic mass is 32.2. The van der Waals surface area contributed by atoms with E-state index in [0.29, 0.717) is 0 Å². The number of nitrogens with two attached hydrogens (primary N) is 1. The third-order valence-corrected chi connectivity index (χ3v) is 4.66. The number of hydrazone groups is 1. The minimum Gasteiger partial charge on any atom is -0.497 e. The summed E-state index contributed by atoms with van der Waals surface area (Å²) in [6.45, 7) is 0. The van der Waals surface area contributed by atoms with Crippen molar-refractivity contribution in [2.24, 2.45) is 5.10 Å². The van der Waals surface area contributed by atoms with Gasteiger partial charge < -0.3 is 15.9 Å². The minimum atomic E-state index is -0.864. The molecule has 1 aromatic heterocycles. The van der Waals surface area contributed by atoms with E-state index in [1.54, 1.807) is 25.5 Å². The molecular weight excluding hydrogens is 416 g/mol. The van der Waals surface area contributed by atoms with E-state index in [9.17, 15) is 13.6 Å². The summed E-state index contributed by atoms with van der Waals surface area (Å²) in [6.07, 6.45) is 1.55. The Morgan fingerprint density at radius 2 is 1.93 bits per heavy atom. The molecule has 0 saturated carbocycles. The quantitative estimate of drug-likeness (QED) is 0.216. The molecular formula is C18H17F2N7O2S. The van der Waals surface area contributed by atoms with Crippen LogP contribution in [0.2, 0.25) is 0 Å². The monoisotopic (exact) mass is 433 g/mol. The van der Waals surface area contributed by atoms with Crippen LogP contribution in [0, 0.1) is 11.6 Å². The first-order chi connectivity index (χ1) is 14.5. The Labute approximate surface area is 174 Å². The lowest BCUT2D eigenvalue weighted by Crippen LogP contribution is -2.18. The largest absolute Gasteiger partial charge is 0.497 e. The van der Waals surface area contributed by atoms with Gasteiger partial charge in [-0.25, -0.2) is 18.9 Å². The van der Waals surface area contributed by atoms with Gasteiger partial charge in [-0.3, -0.25) is 4.79 Å². The molecule has 0 unspecified atom stereocenters. The number of nitrogen functional groups attached to an aromatic ring is 1. The maximum absolute atomic E-state index is 13.6. The lowest BCUT2D eigenvalue weighted by Gasteiger charge is -2.07. The molecule has 9 nitrogen and oxygen atoms in total. The number of hydrogen-bond acceptors (Lipinski definition) is 8. The summed E-state index contributed by atoms with van der Waals surface area (Å²) < 4.78 is 33.4. The average molecular weight is 433 g/mol. The van der Waals surface area contributed by atoms with Gasteiger partial charge in [0.1, 0.15) is 23.1 Å². The number of nitrogens with one attached hydrogen (secondary N) is 2. The zero-order chi connectivity index (χ0) is 21.5. The van der Waals surface area contributed by atoms with Crippen LogP contribution < -0.4 is 21.3 Å². The zero-order valence-corrected chi connectivity index (χ0v) is 16.5. The Hall–Kier alpha value is -3.67. The first-order valence-electron chi connectivity index (χ1n) is 8.48. The summed E-state index contributed by atoms with van der Waals surface area (Å²) in [5, 5.41) is 14.1. The number of hydrogen-bond donors (Lipinski definition) is 3. The van der Waals surface area contributed by atoms with Crippen molar-refractivity contribution in [1.82, 2.24) is 14.9 Å². The predicted molar refractivity (Wildman–Crippen MR) is 110 cm³/mol. The van der Waals surface area contributed by atoms with E-state index >= 15 is 0 Å². The van der Waals surface area contributed by atoms with Crippen LogP contribution in [0.15, 0.2) is 52.7 Å². The molecule has 4 N–H and O–H groups in total. The van der Waals surface area contributed by atoms with Crippen LogP contribution in [0.25, 0.3) is 0 Å². The predicted octanol–water partition coefficient (Wildman–Crippen LogP) is 2.46. The molecule has 12 heteroatoms. The van der Waals surface area contributed by atoms with Crippen LogP contribution in [0.4, 0.5) is 20.4 Å². The highest BCUT2D eigenvalue weighted by Gasteiger charge is 2.15. The Morgan fingerprint density at radius 3 is 2.60 bits per heavy atom. The van der Waals surface area contributed by atoms with Crippen LogP contribution in [0.1, 0.15) is 5.56 Å². The van der Waals surface area contributed by atoms with Crippen LogP contribution in [0.3, 0.4) is 0 Å². The number of amides is 1. The van der Waals surface area contributed by atoms with Crippen molar-refractivity contribution < 1.29 is 18.3 Å². The molecule has 0 saturated heterocycles. The van der Waals surface area contributed by atoms with Crippen LogP contribution in [-0.4, -0.2) is 39.9 Å². The molecule has 0 bridgehead atoms. The fourth-order valence-corrected chi connectivity index (χ4v) is 2.89. The van der Waals surface area contributed by atoms with Gasteiger partial charge >= 0.3 is 0 Å². The number of halogens is 2. The lowest BCUT2D eigenvalue weighted by atomic mass is 10.2. The smallest absolute Gasteiger partial charge is 0.264 e. The highest BCUT2D eigenvalue weighted by Crippen LogP contribution is 2.20. The summed E-state index contributed by atoms with van der Waals surface area (Å²) in [5.74, 6) is 4.21. The van der Waals surface area contributed by atoms with E-state index in [1.165, 1.54) is 6.07 Å². The van der Waals surface area contributed by atoms with E-state index in [2.05, 4.69) is 26.0 Å². The molecule has 3 aromatic rings. The molecule has 0 atom stereocenters. The number of methoxy groups -OCH3 is 1. The number of thioether (sulfide) groups is 1. The zero-order valence-electron chi connectivity index (χ0n) is 15.7. The van der Waals surface area contributed by atoms with E-state index in [1.807, 2.05) is 12.1 Å². The molecule has 156 valence electrons. The number of anilines is 2. The van der Waals surface area contributed by atoms with Gasteiger partial charge in [0.15, 0.2) is 0 Å². The summed E-state index contributed by atoms with van der Waals surface area (Å²) >= 11 is 0.943. The third-order valence-electron chi connectivity index (χ3n) is 3.72. The normalized spacial score (nSPS) is 10.9. The van der Waals surface area contributed by atoms with Crippen molar-refractivity contribution in [3.63, 3.8) is 0 Å². The van der Waals surface area contributed by atoms with Crippen LogP contribution >= 0.6 is 11.8 Å². The molecule has 0 spiro atoms. The molecule has 2 aromatic carbocycles. The number of carbonyl (C=O) groups is 1. The Kier molecular flexibility index (Phi) is 6.80. The second-order valence-corrected chi connectivity index (χ2v) is 6.70. The molecule has 0 radical (unpaired) electrons. The SMILES string of the molecule is COc1ccc(/C=N/Nc2nnc(SCC(=O)Nc3c(F)cccc3F)n2N)cc1. The van der Waals surface area contributed by atoms with Gasteiger partial charge in [-0.2, -0.15) is 5.10 Å². The van der Waals surface area contributed by atoms with Crippen LogP contribution in [0.5, 0.6) is 5.75 Å². The first-order valence-corrected chi connectivity index (χ1v) is 9.46. The van der Waals surface area contributed by atoms with Crippen molar-refractivity contribution in [2.75, 3.05) is 29.4 Å². The molecule has 0 aliphatic heterocycles. The maximum atomic E-state index is 13.6. The molecule has 30 heavy (non-hydrogen) atoms. The fraction of sp³-hybridized carbons (Fsp3) is 0.111. The van der Waals surface area contributed by atoms with Crippen molar-refractivity contribution in [3.05, 3.63) is 59.7 Å². The molecule has 0 aliphatic rings. The number of ether oxygens (including phenoxy) is 1. The van der Waals surface area contributed by atoms with Gasteiger partial charge in [0.05, 0.1) is 19.1 Å². The van der Waals surface area contributed by atoms with Gasteiger partial charge in [0.25, 0.3) is 5.95 Å². The average Bonchev–Trinajstić information content (AvgIpc) is 3.09. The van der Waals surface area contributed by atoms with E-state index in [4.69, 9.17) is 10.6 Å². The van der Waals surface area contributed by atoms with Crippen molar-refractivity contribution in [3.8, 4) is 5.75 Å². The molecule has 3 rings (SSSR count). The number of para-hydroxylation sites is 1. The number of carbonyl (C=O) groups excluding carboxylic acids is 1. The highest BCUT2D eigenvalue weighted by molar-refractivity contribution is 7.99. The number of rotatable bonds is 8. The first kappa shape index (κ1) is 21.0. The fourth-order valence-electron chi connectivity index (χ4n) is 2.23. The summed E-state index contributed by atoms with van der Waals surface area (Å²) in [6, 6.07) is 10.5. The van der Waals surface area contributed by atoms with Crippen molar-refractivity contribution >= 4 is 35.5 Å². The lowest BCUT2D eigenvalue weighted by molar-refractivity contribution is -0.113. The van der Waals surface area contributed by atoms with E-state index < -0.39 is 23.2 Å². The van der Waals surface area contributed by atoms with Gasteiger partial charge in [-0.1, -0.05) is 17.8 Å². The number of nitrogens with zero attached hydrogens (tertiary/aromatic N) is 4. The third kappa shape index (κ3) is 5.23. The number of aromatic nitrogens is 3. The van der Waals surface area contributed by atoms with E-state index in [-0.39, 0.29) is 16.9 Å². The van der Waals surface area contributed by atoms with E-state index in [0.717, 1.165) is 39.9 Å². The van der Waals surface area contributed by atoms with Gasteiger partial charge in [-0.15, -0.1) is 10.2 Å². The van der Waals surface area contributed by atoms with Crippen LogP contribution in [-0.2, 0) is 4.79 Å². The molecule has 0 aliphatic carbocycles. The Balaban J connectivity index is 1.54. The summed E-state index contributed by atoms with van der Waals surface area (Å²) in [5.41, 5.74) is 2.95. The Morgan fingerprint density at radius 1 is 1.23 bits per heavy atom. The molecule has 1 amide bonds. The second-order valence-electron chi connectivity index (χ2n) is 5.75. The summed E-state index contributed by atoms with van der Waals surface area (Å²) in [7, 11) is 1.58. The molecule has 1 heterocycles. The Bertz CT molecular complexity index is 1040. The maximum Gasteiger partial charge on any atom is 0.264 e. The van der Waals surface area contributed by atoms with Gasteiger partial charge in [0, 0.05) is 0 Å². The summed E-state index contributed by atoms with van der Waals surface area (Å²) in [4.78, 5) is 12.0. The minimum absolute atomic E-state index is 0.141. The standard InChI is InChI=1S/C18H17F2N7O2S/c1-29-12-7-5-11(6-8-12)9-22-24-17-25-26-18(27(17)21)30-10-15(28)23-16-13(19)3-2-4-14(16)20/h2-9H,10,21H2,1H3,(H,23,28)(H,24,25)/b22-9+. The van der Waals surface area contributed by atoms with Gasteiger partial charge in [-0.05, 0) is 42.0 Å². The van der Waals surface area contributed by atoms with Gasteiger partial charge in [0.2, 0.25) is 11.1 Å². The second kappa shape index (κ2) is 9.69.